The summed E-state index contributed by atoms with van der Waals surface area (Å²) >= 11 is 1.74. The SMILES string of the molecule is C=C/C(=C\C=C/C)c1ccc(C2(CN3CCSC(C)(CO)CC3=N)CC2)cc1F.C=N.CCC. The van der Waals surface area contributed by atoms with Gasteiger partial charge in [-0.15, -0.1) is 0 Å². The quantitative estimate of drug-likeness (QED) is 0.291. The molecule has 0 radical (unpaired) electrons. The second kappa shape index (κ2) is 14.3. The first kappa shape index (κ1) is 29.9. The van der Waals surface area contributed by atoms with Gasteiger partial charge in [-0.3, -0.25) is 5.41 Å². The molecule has 3 N–H and O–H groups in total. The van der Waals surface area contributed by atoms with Crippen LogP contribution in [-0.2, 0) is 5.41 Å². The Morgan fingerprint density at radius 3 is 2.44 bits per heavy atom. The van der Waals surface area contributed by atoms with Crippen molar-refractivity contribution in [1.29, 1.82) is 10.8 Å². The minimum Gasteiger partial charge on any atom is -0.395 e. The number of hydrogen-bond acceptors (Lipinski definition) is 4. The summed E-state index contributed by atoms with van der Waals surface area (Å²) in [6.07, 6.45) is 11.2. The van der Waals surface area contributed by atoms with Crippen LogP contribution in [0.4, 0.5) is 4.39 Å². The van der Waals surface area contributed by atoms with Crippen molar-refractivity contribution in [3.8, 4) is 0 Å². The fourth-order valence-corrected chi connectivity index (χ4v) is 5.07. The van der Waals surface area contributed by atoms with Crippen molar-refractivity contribution in [1.82, 2.24) is 4.90 Å². The van der Waals surface area contributed by atoms with E-state index in [9.17, 15) is 9.50 Å². The van der Waals surface area contributed by atoms with Crippen molar-refractivity contribution >= 4 is 29.9 Å². The second-order valence-corrected chi connectivity index (χ2v) is 10.7. The Kier molecular flexibility index (Phi) is 12.5. The number of rotatable bonds is 7. The highest BCUT2D eigenvalue weighted by molar-refractivity contribution is 8.00. The molecule has 0 amide bonds. The Morgan fingerprint density at radius 1 is 1.29 bits per heavy atom. The van der Waals surface area contributed by atoms with E-state index in [-0.39, 0.29) is 22.6 Å². The molecule has 2 fully saturated rings. The van der Waals surface area contributed by atoms with E-state index in [1.807, 2.05) is 44.2 Å². The first-order valence-electron chi connectivity index (χ1n) is 12.0. The normalized spacial score (nSPS) is 21.6. The summed E-state index contributed by atoms with van der Waals surface area (Å²) in [5.74, 6) is 1.25. The number of halogens is 1. The molecule has 1 aliphatic heterocycles. The summed E-state index contributed by atoms with van der Waals surface area (Å²) in [6, 6.07) is 5.56. The van der Waals surface area contributed by atoms with Crippen molar-refractivity contribution in [2.24, 2.45) is 0 Å². The highest BCUT2D eigenvalue weighted by atomic mass is 32.2. The topological polar surface area (TPSA) is 71.2 Å². The van der Waals surface area contributed by atoms with E-state index in [4.69, 9.17) is 10.8 Å². The molecule has 1 aromatic rings. The Hall–Kier alpha value is -2.18. The maximum Gasteiger partial charge on any atom is 0.131 e. The number of nitrogens with zero attached hydrogens (tertiary/aromatic N) is 1. The molecule has 2 aliphatic rings. The molecular weight excluding hydrogens is 445 g/mol. The third-order valence-electron chi connectivity index (χ3n) is 6.00. The molecule has 0 bridgehead atoms. The van der Waals surface area contributed by atoms with Gasteiger partial charge in [-0.2, -0.15) is 11.8 Å². The summed E-state index contributed by atoms with van der Waals surface area (Å²) in [6.45, 7) is 16.1. The summed E-state index contributed by atoms with van der Waals surface area (Å²) < 4.78 is 14.7. The number of aliphatic hydroxyl groups excluding tert-OH is 1. The molecular formula is C28H42FN3OS. The number of allylic oxidation sites excluding steroid dienone is 5. The first-order valence-corrected chi connectivity index (χ1v) is 12.9. The largest absolute Gasteiger partial charge is 0.395 e. The number of hydrogen-bond donors (Lipinski definition) is 3. The van der Waals surface area contributed by atoms with Crippen LogP contribution >= 0.6 is 11.8 Å². The zero-order valence-electron chi connectivity index (χ0n) is 21.3. The first-order chi connectivity index (χ1) is 16.3. The van der Waals surface area contributed by atoms with E-state index in [1.165, 1.54) is 6.42 Å². The third kappa shape index (κ3) is 7.95. The van der Waals surface area contributed by atoms with Crippen molar-refractivity contribution in [2.75, 3.05) is 25.4 Å². The van der Waals surface area contributed by atoms with E-state index >= 15 is 0 Å². The van der Waals surface area contributed by atoms with Crippen LogP contribution in [0.25, 0.3) is 5.57 Å². The van der Waals surface area contributed by atoms with Gasteiger partial charge in [0.2, 0.25) is 0 Å². The van der Waals surface area contributed by atoms with Crippen molar-refractivity contribution in [3.63, 3.8) is 0 Å². The molecule has 3 rings (SSSR count). The summed E-state index contributed by atoms with van der Waals surface area (Å²) in [4.78, 5) is 2.13. The summed E-state index contributed by atoms with van der Waals surface area (Å²) in [5, 5.41) is 23.7. The van der Waals surface area contributed by atoms with Gasteiger partial charge < -0.3 is 15.4 Å². The van der Waals surface area contributed by atoms with Gasteiger partial charge in [0.05, 0.1) is 12.4 Å². The van der Waals surface area contributed by atoms with E-state index in [0.29, 0.717) is 17.8 Å². The molecule has 1 heterocycles. The van der Waals surface area contributed by atoms with Gasteiger partial charge >= 0.3 is 0 Å². The van der Waals surface area contributed by atoms with Crippen LogP contribution in [0.5, 0.6) is 0 Å². The van der Waals surface area contributed by atoms with E-state index in [2.05, 4.69) is 32.0 Å². The fourth-order valence-electron chi connectivity index (χ4n) is 3.93. The van der Waals surface area contributed by atoms with Crippen LogP contribution in [0, 0.1) is 16.6 Å². The molecule has 1 aromatic carbocycles. The Labute approximate surface area is 210 Å². The highest BCUT2D eigenvalue weighted by Crippen LogP contribution is 2.49. The third-order valence-corrected chi connectivity index (χ3v) is 7.35. The number of nitrogens with one attached hydrogen (secondary N) is 2. The molecule has 4 nitrogen and oxygen atoms in total. The predicted molar refractivity (Wildman–Crippen MR) is 148 cm³/mol. The van der Waals surface area contributed by atoms with Crippen LogP contribution in [0.1, 0.15) is 64.5 Å². The predicted octanol–water partition coefficient (Wildman–Crippen LogP) is 6.85. The maximum absolute atomic E-state index is 14.9. The number of benzene rings is 1. The van der Waals surface area contributed by atoms with Crippen LogP contribution < -0.4 is 0 Å². The summed E-state index contributed by atoms with van der Waals surface area (Å²) in [7, 11) is 0. The van der Waals surface area contributed by atoms with Crippen LogP contribution in [0.2, 0.25) is 0 Å². The minimum atomic E-state index is -0.281. The van der Waals surface area contributed by atoms with Gasteiger partial charge in [-0.1, -0.05) is 63.3 Å². The molecule has 1 atom stereocenters. The molecule has 1 unspecified atom stereocenters. The van der Waals surface area contributed by atoms with Gasteiger partial charge in [0, 0.05) is 41.0 Å². The standard InChI is InChI=1S/C24H31FN2OS.C3H8.CH3N/c1-4-6-7-18(5-2)20-9-8-19(14-21(20)25)24(10-11-24)16-27-12-13-29-23(3,17-28)15-22(27)26;1-3-2;1-2/h4-9,14,26,28H,2,10-13,15-17H2,1,3H3;3H2,1-2H3;2H,1H2/b6-4-,18-7+,26-22?;;. The van der Waals surface area contributed by atoms with E-state index in [1.54, 1.807) is 23.9 Å². The van der Waals surface area contributed by atoms with Crippen LogP contribution in [0.15, 0.2) is 49.1 Å². The zero-order valence-corrected chi connectivity index (χ0v) is 22.1. The van der Waals surface area contributed by atoms with Gasteiger partial charge in [0.25, 0.3) is 0 Å². The van der Waals surface area contributed by atoms with Gasteiger partial charge in [-0.25, -0.2) is 4.39 Å². The molecule has 6 heteroatoms. The Balaban J connectivity index is 0.00000107. The van der Waals surface area contributed by atoms with Crippen LogP contribution in [0.3, 0.4) is 0 Å². The number of amidine groups is 1. The minimum absolute atomic E-state index is 0.0718. The Morgan fingerprint density at radius 2 is 1.94 bits per heavy atom. The Bertz CT molecular complexity index is 878. The van der Waals surface area contributed by atoms with Crippen molar-refractivity contribution < 1.29 is 9.50 Å². The lowest BCUT2D eigenvalue weighted by atomic mass is 9.92. The lowest BCUT2D eigenvalue weighted by Gasteiger charge is -2.30. The molecule has 1 aliphatic carbocycles. The fraction of sp³-hybridized carbons (Fsp3) is 0.500. The van der Waals surface area contributed by atoms with Crippen LogP contribution in [-0.4, -0.2) is 52.8 Å². The monoisotopic (exact) mass is 487 g/mol. The second-order valence-electron chi connectivity index (χ2n) is 9.04. The van der Waals surface area contributed by atoms with Gasteiger partial charge in [0.15, 0.2) is 0 Å². The molecule has 1 saturated heterocycles. The smallest absolute Gasteiger partial charge is 0.131 e. The molecule has 188 valence electrons. The van der Waals surface area contributed by atoms with E-state index < -0.39 is 0 Å². The number of aliphatic hydroxyl groups is 1. The lowest BCUT2D eigenvalue weighted by molar-refractivity contribution is 0.257. The molecule has 0 spiro atoms. The summed E-state index contributed by atoms with van der Waals surface area (Å²) in [5.41, 5.74) is 2.28. The highest BCUT2D eigenvalue weighted by Gasteiger charge is 2.47. The zero-order chi connectivity index (χ0) is 25.8. The molecule has 34 heavy (non-hydrogen) atoms. The lowest BCUT2D eigenvalue weighted by Crippen LogP contribution is -2.39. The van der Waals surface area contributed by atoms with Gasteiger partial charge in [-0.05, 0) is 50.6 Å². The molecule has 1 saturated carbocycles. The van der Waals surface area contributed by atoms with Gasteiger partial charge in [0.1, 0.15) is 5.82 Å². The van der Waals surface area contributed by atoms with Crippen molar-refractivity contribution in [2.45, 2.75) is 63.5 Å². The number of thioether (sulfide) groups is 1. The molecule has 0 aromatic heterocycles. The van der Waals surface area contributed by atoms with Crippen molar-refractivity contribution in [3.05, 3.63) is 66.0 Å². The average molecular weight is 488 g/mol. The average Bonchev–Trinajstić information content (AvgIpc) is 3.63. The maximum atomic E-state index is 14.9. The van der Waals surface area contributed by atoms with E-state index in [0.717, 1.165) is 42.8 Å².